The van der Waals surface area contributed by atoms with E-state index in [-0.39, 0.29) is 5.75 Å². The summed E-state index contributed by atoms with van der Waals surface area (Å²) in [6.07, 6.45) is 8.61. The lowest BCUT2D eigenvalue weighted by atomic mass is 10.1. The second kappa shape index (κ2) is 10.1. The molecule has 0 radical (unpaired) electrons. The van der Waals surface area contributed by atoms with Crippen molar-refractivity contribution in [3.63, 3.8) is 0 Å². The van der Waals surface area contributed by atoms with Gasteiger partial charge < -0.3 is 19.6 Å². The summed E-state index contributed by atoms with van der Waals surface area (Å²) in [5.41, 5.74) is 3.44. The third-order valence-electron chi connectivity index (χ3n) is 5.55. The van der Waals surface area contributed by atoms with Crippen LogP contribution in [0.3, 0.4) is 0 Å². The second-order valence-electron chi connectivity index (χ2n) is 7.77. The summed E-state index contributed by atoms with van der Waals surface area (Å²) >= 11 is 3.41. The average Bonchev–Trinajstić information content (AvgIpc) is 2.82. The maximum Gasteiger partial charge on any atom is 0.250 e. The molecule has 2 aromatic rings. The first-order chi connectivity index (χ1) is 15.1. The minimum Gasteiger partial charge on any atom is -0.504 e. The SMILES string of the molecule is COc1cc(Br)cc(C=NNc2nc(N3CCCCC3)nc(N3CCCCC3)n2)c1O. The molecule has 2 N–H and O–H groups in total. The van der Waals surface area contributed by atoms with E-state index in [9.17, 15) is 5.11 Å². The fourth-order valence-electron chi connectivity index (χ4n) is 3.88. The standard InChI is InChI=1S/C21H28BrN7O2/c1-31-17-13-16(22)12-15(18(17)30)14-23-27-19-24-20(28-8-4-2-5-9-28)26-21(25-19)29-10-6-3-7-11-29/h12-14,30H,2-11H2,1H3,(H,24,25,26,27). The lowest BCUT2D eigenvalue weighted by Crippen LogP contribution is -2.34. The lowest BCUT2D eigenvalue weighted by Gasteiger charge is -2.30. The van der Waals surface area contributed by atoms with Gasteiger partial charge in [-0.05, 0) is 50.7 Å². The van der Waals surface area contributed by atoms with Gasteiger partial charge in [0.15, 0.2) is 11.5 Å². The van der Waals surface area contributed by atoms with Crippen LogP contribution in [-0.4, -0.2) is 59.6 Å². The van der Waals surface area contributed by atoms with Gasteiger partial charge in [-0.25, -0.2) is 5.43 Å². The van der Waals surface area contributed by atoms with Crippen molar-refractivity contribution < 1.29 is 9.84 Å². The van der Waals surface area contributed by atoms with Crippen molar-refractivity contribution in [1.29, 1.82) is 0 Å². The lowest BCUT2D eigenvalue weighted by molar-refractivity contribution is 0.373. The molecule has 31 heavy (non-hydrogen) atoms. The molecule has 0 bridgehead atoms. The number of methoxy groups -OCH3 is 1. The van der Waals surface area contributed by atoms with E-state index < -0.39 is 0 Å². The van der Waals surface area contributed by atoms with Crippen LogP contribution in [0.15, 0.2) is 21.7 Å². The number of aromatic hydroxyl groups is 1. The molecule has 166 valence electrons. The van der Waals surface area contributed by atoms with E-state index in [2.05, 4.69) is 46.2 Å². The molecule has 2 fully saturated rings. The van der Waals surface area contributed by atoms with Gasteiger partial charge in [0.1, 0.15) is 0 Å². The Morgan fingerprint density at radius 3 is 2.10 bits per heavy atom. The second-order valence-corrected chi connectivity index (χ2v) is 8.69. The zero-order chi connectivity index (χ0) is 21.6. The Balaban J connectivity index is 1.58. The minimum atomic E-state index is 0.0231. The van der Waals surface area contributed by atoms with Gasteiger partial charge in [-0.2, -0.15) is 20.1 Å². The molecule has 1 aromatic heterocycles. The topological polar surface area (TPSA) is 99.0 Å². The number of rotatable bonds is 6. The van der Waals surface area contributed by atoms with Gasteiger partial charge in [-0.3, -0.25) is 0 Å². The quantitative estimate of drug-likeness (QED) is 0.467. The zero-order valence-electron chi connectivity index (χ0n) is 17.7. The van der Waals surface area contributed by atoms with Gasteiger partial charge in [0.25, 0.3) is 0 Å². The normalized spacial score (nSPS) is 17.2. The molecular weight excluding hydrogens is 462 g/mol. The Hall–Kier alpha value is -2.62. The van der Waals surface area contributed by atoms with E-state index in [1.54, 1.807) is 12.1 Å². The van der Waals surface area contributed by atoms with E-state index >= 15 is 0 Å². The van der Waals surface area contributed by atoms with Gasteiger partial charge in [-0.1, -0.05) is 15.9 Å². The Bertz CT molecular complexity index is 892. The zero-order valence-corrected chi connectivity index (χ0v) is 19.3. The predicted molar refractivity (Wildman–Crippen MR) is 126 cm³/mol. The molecule has 2 saturated heterocycles. The highest BCUT2D eigenvalue weighted by Crippen LogP contribution is 2.32. The molecule has 10 heteroatoms. The summed E-state index contributed by atoms with van der Waals surface area (Å²) < 4.78 is 5.97. The number of nitrogens with one attached hydrogen (secondary N) is 1. The van der Waals surface area contributed by atoms with Gasteiger partial charge in [-0.15, -0.1) is 0 Å². The van der Waals surface area contributed by atoms with Crippen LogP contribution in [0.25, 0.3) is 0 Å². The monoisotopic (exact) mass is 489 g/mol. The number of hydrogen-bond donors (Lipinski definition) is 2. The average molecular weight is 490 g/mol. The summed E-state index contributed by atoms with van der Waals surface area (Å²) in [7, 11) is 1.51. The van der Waals surface area contributed by atoms with Crippen molar-refractivity contribution in [2.24, 2.45) is 5.10 Å². The molecular formula is C21H28BrN7O2. The van der Waals surface area contributed by atoms with Crippen molar-refractivity contribution >= 4 is 40.0 Å². The smallest absolute Gasteiger partial charge is 0.250 e. The highest BCUT2D eigenvalue weighted by Gasteiger charge is 2.20. The van der Waals surface area contributed by atoms with E-state index in [1.165, 1.54) is 26.2 Å². The fourth-order valence-corrected chi connectivity index (χ4v) is 4.34. The van der Waals surface area contributed by atoms with Gasteiger partial charge in [0, 0.05) is 36.2 Å². The van der Waals surface area contributed by atoms with Crippen LogP contribution in [0.1, 0.15) is 44.1 Å². The Labute approximate surface area is 190 Å². The number of halogens is 1. The van der Waals surface area contributed by atoms with E-state index in [0.717, 1.165) is 56.3 Å². The van der Waals surface area contributed by atoms with Crippen molar-refractivity contribution in [3.8, 4) is 11.5 Å². The van der Waals surface area contributed by atoms with Crippen LogP contribution in [-0.2, 0) is 0 Å². The number of hydrazone groups is 1. The maximum absolute atomic E-state index is 10.3. The summed E-state index contributed by atoms with van der Waals surface area (Å²) in [4.78, 5) is 18.4. The number of aromatic nitrogens is 3. The number of piperidine rings is 2. The first-order valence-corrected chi connectivity index (χ1v) is 11.5. The third-order valence-corrected chi connectivity index (χ3v) is 6.00. The van der Waals surface area contributed by atoms with Crippen LogP contribution in [0.2, 0.25) is 0 Å². The maximum atomic E-state index is 10.3. The molecule has 0 unspecified atom stereocenters. The molecule has 0 amide bonds. The third kappa shape index (κ3) is 5.36. The predicted octanol–water partition coefficient (Wildman–Crippen LogP) is 3.77. The molecule has 4 rings (SSSR count). The Morgan fingerprint density at radius 2 is 1.55 bits per heavy atom. The fraction of sp³-hybridized carbons (Fsp3) is 0.524. The van der Waals surface area contributed by atoms with Crippen molar-refractivity contribution in [2.45, 2.75) is 38.5 Å². The molecule has 2 aliphatic rings. The van der Waals surface area contributed by atoms with Gasteiger partial charge in [0.2, 0.25) is 17.8 Å². The molecule has 2 aliphatic heterocycles. The van der Waals surface area contributed by atoms with E-state index in [4.69, 9.17) is 9.72 Å². The number of hydrogen-bond acceptors (Lipinski definition) is 9. The number of phenols is 1. The van der Waals surface area contributed by atoms with Crippen LogP contribution >= 0.6 is 15.9 Å². The van der Waals surface area contributed by atoms with Crippen LogP contribution in [0, 0.1) is 0 Å². The Kier molecular flexibility index (Phi) is 7.06. The largest absolute Gasteiger partial charge is 0.504 e. The first kappa shape index (κ1) is 21.6. The molecule has 0 spiro atoms. The molecule has 0 atom stereocenters. The van der Waals surface area contributed by atoms with Crippen molar-refractivity contribution in [3.05, 3.63) is 22.2 Å². The van der Waals surface area contributed by atoms with Crippen LogP contribution in [0.4, 0.5) is 17.8 Å². The molecule has 0 aliphatic carbocycles. The van der Waals surface area contributed by atoms with Gasteiger partial charge in [0.05, 0.1) is 13.3 Å². The number of benzene rings is 1. The number of phenolic OH excluding ortho intramolecular Hbond substituents is 1. The number of anilines is 3. The highest BCUT2D eigenvalue weighted by atomic mass is 79.9. The van der Waals surface area contributed by atoms with E-state index in [1.807, 2.05) is 0 Å². The van der Waals surface area contributed by atoms with E-state index in [0.29, 0.717) is 29.2 Å². The molecule has 9 nitrogen and oxygen atoms in total. The van der Waals surface area contributed by atoms with Crippen LogP contribution < -0.4 is 20.0 Å². The number of nitrogens with zero attached hydrogens (tertiary/aromatic N) is 6. The summed E-state index contributed by atoms with van der Waals surface area (Å²) in [5, 5.41) is 14.6. The molecule has 1 aromatic carbocycles. The van der Waals surface area contributed by atoms with Gasteiger partial charge >= 0.3 is 0 Å². The minimum absolute atomic E-state index is 0.0231. The van der Waals surface area contributed by atoms with Crippen molar-refractivity contribution in [2.75, 3.05) is 48.5 Å². The van der Waals surface area contributed by atoms with Crippen molar-refractivity contribution in [1.82, 2.24) is 15.0 Å². The highest BCUT2D eigenvalue weighted by molar-refractivity contribution is 9.10. The summed E-state index contributed by atoms with van der Waals surface area (Å²) in [6, 6.07) is 3.45. The Morgan fingerprint density at radius 1 is 0.968 bits per heavy atom. The summed E-state index contributed by atoms with van der Waals surface area (Å²) in [5.74, 6) is 2.18. The summed E-state index contributed by atoms with van der Waals surface area (Å²) in [6.45, 7) is 3.82. The molecule has 3 heterocycles. The molecule has 0 saturated carbocycles. The van der Waals surface area contributed by atoms with Crippen LogP contribution in [0.5, 0.6) is 11.5 Å². The first-order valence-electron chi connectivity index (χ1n) is 10.8. The number of ether oxygens (including phenoxy) is 1.